The van der Waals surface area contributed by atoms with Gasteiger partial charge in [-0.2, -0.15) is 0 Å². The number of nitrogens with one attached hydrogen (secondary N) is 1. The quantitative estimate of drug-likeness (QED) is 0.620. The normalized spacial score (nSPS) is 11.4. The average molecular weight is 381 g/mol. The van der Waals surface area contributed by atoms with Gasteiger partial charge in [-0.25, -0.2) is 0 Å². The maximum atomic E-state index is 12.3. The van der Waals surface area contributed by atoms with Crippen LogP contribution in [0, 0.1) is 0 Å². The Morgan fingerprint density at radius 2 is 1.67 bits per heavy atom. The van der Waals surface area contributed by atoms with Gasteiger partial charge in [0, 0.05) is 16.8 Å². The lowest BCUT2D eigenvalue weighted by Gasteiger charge is -2.24. The van der Waals surface area contributed by atoms with Crippen molar-refractivity contribution in [3.63, 3.8) is 0 Å². The molecule has 0 aliphatic carbocycles. The maximum Gasteiger partial charge on any atom is 0.230 e. The van der Waals surface area contributed by atoms with Crippen molar-refractivity contribution >= 4 is 17.7 Å². The van der Waals surface area contributed by atoms with E-state index in [1.165, 1.54) is 11.8 Å². The molecule has 0 saturated heterocycles. The first-order valence-electron chi connectivity index (χ1n) is 9.00. The lowest BCUT2D eigenvalue weighted by Crippen LogP contribution is -2.43. The number of benzene rings is 2. The molecule has 3 aromatic rings. The van der Waals surface area contributed by atoms with Crippen molar-refractivity contribution in [3.05, 3.63) is 60.7 Å². The Labute approximate surface area is 164 Å². The van der Waals surface area contributed by atoms with Crippen LogP contribution in [-0.2, 0) is 4.79 Å². The van der Waals surface area contributed by atoms with Gasteiger partial charge in [-0.05, 0) is 32.4 Å². The van der Waals surface area contributed by atoms with Gasteiger partial charge < -0.3 is 5.32 Å². The smallest absolute Gasteiger partial charge is 0.230 e. The second-order valence-electron chi connectivity index (χ2n) is 6.92. The Hall–Kier alpha value is -2.60. The zero-order valence-electron chi connectivity index (χ0n) is 15.8. The van der Waals surface area contributed by atoms with Crippen molar-refractivity contribution in [2.24, 2.45) is 0 Å². The molecule has 3 rings (SSSR count). The van der Waals surface area contributed by atoms with Crippen molar-refractivity contribution < 1.29 is 4.79 Å². The molecule has 0 bridgehead atoms. The molecule has 140 valence electrons. The molecule has 1 aromatic heterocycles. The van der Waals surface area contributed by atoms with Gasteiger partial charge in [-0.3, -0.25) is 9.36 Å². The molecular formula is C21H24N4OS. The highest BCUT2D eigenvalue weighted by Crippen LogP contribution is 2.27. The summed E-state index contributed by atoms with van der Waals surface area (Å²) in [5.74, 6) is 1.05. The van der Waals surface area contributed by atoms with E-state index in [1.807, 2.05) is 79.1 Å². The standard InChI is InChI=1S/C21H24N4OS/c1-4-21(2,3)22-18(26)15-27-20-24-23-19(16-11-7-5-8-12-16)25(20)17-13-9-6-10-14-17/h5-14H,4,15H2,1-3H3,(H,22,26). The van der Waals surface area contributed by atoms with Crippen LogP contribution in [0.25, 0.3) is 17.1 Å². The number of nitrogens with zero attached hydrogens (tertiary/aromatic N) is 3. The first-order valence-corrected chi connectivity index (χ1v) is 9.99. The Morgan fingerprint density at radius 1 is 1.04 bits per heavy atom. The molecule has 5 nitrogen and oxygen atoms in total. The molecule has 0 aliphatic rings. The number of hydrogen-bond donors (Lipinski definition) is 1. The number of rotatable bonds is 7. The van der Waals surface area contributed by atoms with Crippen LogP contribution >= 0.6 is 11.8 Å². The predicted molar refractivity (Wildman–Crippen MR) is 110 cm³/mol. The van der Waals surface area contributed by atoms with E-state index in [0.29, 0.717) is 10.9 Å². The highest BCUT2D eigenvalue weighted by Gasteiger charge is 2.20. The molecule has 0 aliphatic heterocycles. The van der Waals surface area contributed by atoms with Crippen molar-refractivity contribution in [3.8, 4) is 17.1 Å². The number of carbonyl (C=O) groups excluding carboxylic acids is 1. The van der Waals surface area contributed by atoms with E-state index < -0.39 is 0 Å². The lowest BCUT2D eigenvalue weighted by molar-refractivity contribution is -0.120. The molecule has 1 N–H and O–H groups in total. The van der Waals surface area contributed by atoms with E-state index in [9.17, 15) is 4.79 Å². The second kappa shape index (κ2) is 8.39. The molecule has 1 amide bonds. The number of amides is 1. The minimum atomic E-state index is -0.208. The zero-order valence-corrected chi connectivity index (χ0v) is 16.7. The first-order chi connectivity index (χ1) is 13.0. The molecule has 1 heterocycles. The molecule has 6 heteroatoms. The fourth-order valence-electron chi connectivity index (χ4n) is 2.58. The van der Waals surface area contributed by atoms with Gasteiger partial charge in [-0.15, -0.1) is 10.2 Å². The van der Waals surface area contributed by atoms with Crippen LogP contribution in [0.15, 0.2) is 65.8 Å². The van der Waals surface area contributed by atoms with E-state index in [-0.39, 0.29) is 11.4 Å². The Bertz CT molecular complexity index is 891. The third kappa shape index (κ3) is 4.77. The number of hydrogen-bond acceptors (Lipinski definition) is 4. The van der Waals surface area contributed by atoms with Gasteiger partial charge in [0.2, 0.25) is 5.91 Å². The number of para-hydroxylation sites is 1. The number of thioether (sulfide) groups is 1. The van der Waals surface area contributed by atoms with Crippen LogP contribution in [0.1, 0.15) is 27.2 Å². The van der Waals surface area contributed by atoms with Crippen molar-refractivity contribution in [1.29, 1.82) is 0 Å². The summed E-state index contributed by atoms with van der Waals surface area (Å²) >= 11 is 1.39. The van der Waals surface area contributed by atoms with Gasteiger partial charge in [0.15, 0.2) is 11.0 Å². The van der Waals surface area contributed by atoms with Gasteiger partial charge in [0.05, 0.1) is 5.75 Å². The second-order valence-corrected chi connectivity index (χ2v) is 7.86. The van der Waals surface area contributed by atoms with E-state index in [0.717, 1.165) is 23.5 Å². The van der Waals surface area contributed by atoms with Crippen molar-refractivity contribution in [1.82, 2.24) is 20.1 Å². The zero-order chi connectivity index (χ0) is 19.3. The minimum Gasteiger partial charge on any atom is -0.351 e. The molecule has 0 saturated carbocycles. The van der Waals surface area contributed by atoms with E-state index in [4.69, 9.17) is 0 Å². The Kier molecular flexibility index (Phi) is 5.96. The molecule has 0 atom stereocenters. The molecule has 2 aromatic carbocycles. The lowest BCUT2D eigenvalue weighted by atomic mass is 10.0. The SMILES string of the molecule is CCC(C)(C)NC(=O)CSc1nnc(-c2ccccc2)n1-c1ccccc1. The van der Waals surface area contributed by atoms with Crippen molar-refractivity contribution in [2.75, 3.05) is 5.75 Å². The fourth-order valence-corrected chi connectivity index (χ4v) is 3.33. The van der Waals surface area contributed by atoms with Gasteiger partial charge in [-0.1, -0.05) is 67.2 Å². The van der Waals surface area contributed by atoms with Gasteiger partial charge >= 0.3 is 0 Å². The monoisotopic (exact) mass is 380 g/mol. The molecule has 0 spiro atoms. The molecular weight excluding hydrogens is 356 g/mol. The summed E-state index contributed by atoms with van der Waals surface area (Å²) in [5.41, 5.74) is 1.75. The van der Waals surface area contributed by atoms with Gasteiger partial charge in [0.25, 0.3) is 0 Å². The molecule has 0 radical (unpaired) electrons. The Balaban J connectivity index is 1.88. The van der Waals surface area contributed by atoms with Crippen LogP contribution < -0.4 is 5.32 Å². The largest absolute Gasteiger partial charge is 0.351 e. The molecule has 0 unspecified atom stereocenters. The summed E-state index contributed by atoms with van der Waals surface area (Å²) in [6, 6.07) is 19.9. The van der Waals surface area contributed by atoms with Crippen LogP contribution in [0.2, 0.25) is 0 Å². The van der Waals surface area contributed by atoms with Crippen LogP contribution in [-0.4, -0.2) is 32.0 Å². The summed E-state index contributed by atoms with van der Waals surface area (Å²) in [5, 5.41) is 12.5. The van der Waals surface area contributed by atoms with Crippen molar-refractivity contribution in [2.45, 2.75) is 37.9 Å². The summed E-state index contributed by atoms with van der Waals surface area (Å²) in [6.07, 6.45) is 0.877. The third-order valence-electron chi connectivity index (χ3n) is 4.37. The summed E-state index contributed by atoms with van der Waals surface area (Å²) < 4.78 is 2.00. The molecule has 0 fully saturated rings. The number of carbonyl (C=O) groups is 1. The molecule has 27 heavy (non-hydrogen) atoms. The summed E-state index contributed by atoms with van der Waals surface area (Å²) in [6.45, 7) is 6.11. The van der Waals surface area contributed by atoms with Crippen LogP contribution in [0.5, 0.6) is 0 Å². The van der Waals surface area contributed by atoms with Crippen LogP contribution in [0.4, 0.5) is 0 Å². The fraction of sp³-hybridized carbons (Fsp3) is 0.286. The highest BCUT2D eigenvalue weighted by molar-refractivity contribution is 7.99. The summed E-state index contributed by atoms with van der Waals surface area (Å²) in [7, 11) is 0. The van der Waals surface area contributed by atoms with E-state index >= 15 is 0 Å². The summed E-state index contributed by atoms with van der Waals surface area (Å²) in [4.78, 5) is 12.3. The maximum absolute atomic E-state index is 12.3. The van der Waals surface area contributed by atoms with Gasteiger partial charge in [0.1, 0.15) is 0 Å². The number of aromatic nitrogens is 3. The topological polar surface area (TPSA) is 59.8 Å². The highest BCUT2D eigenvalue weighted by atomic mass is 32.2. The van der Waals surface area contributed by atoms with E-state index in [1.54, 1.807) is 0 Å². The average Bonchev–Trinajstić information content (AvgIpc) is 3.11. The van der Waals surface area contributed by atoms with E-state index in [2.05, 4.69) is 22.4 Å². The Morgan fingerprint density at radius 3 is 2.30 bits per heavy atom. The third-order valence-corrected chi connectivity index (χ3v) is 5.30. The first kappa shape index (κ1) is 19.2. The minimum absolute atomic E-state index is 0.00396. The van der Waals surface area contributed by atoms with Crippen LogP contribution in [0.3, 0.4) is 0 Å². The predicted octanol–water partition coefficient (Wildman–Crippen LogP) is 4.33.